The molecule has 1 fully saturated rings. The lowest BCUT2D eigenvalue weighted by atomic mass is 9.89. The van der Waals surface area contributed by atoms with Gasteiger partial charge in [0.05, 0.1) is 11.4 Å². The van der Waals surface area contributed by atoms with Gasteiger partial charge in [0.25, 0.3) is 5.91 Å². The van der Waals surface area contributed by atoms with Gasteiger partial charge in [-0.15, -0.1) is 0 Å². The molecule has 7 nitrogen and oxygen atoms in total. The van der Waals surface area contributed by atoms with E-state index in [1.54, 1.807) is 23.1 Å². The van der Waals surface area contributed by atoms with Crippen LogP contribution in [0.3, 0.4) is 0 Å². The second-order valence-corrected chi connectivity index (χ2v) is 9.28. The van der Waals surface area contributed by atoms with E-state index in [1.807, 2.05) is 6.07 Å². The third kappa shape index (κ3) is 4.62. The summed E-state index contributed by atoms with van der Waals surface area (Å²) in [4.78, 5) is 13.4. The van der Waals surface area contributed by atoms with E-state index in [4.69, 9.17) is 9.47 Å². The molecule has 0 aliphatic carbocycles. The van der Waals surface area contributed by atoms with Gasteiger partial charge >= 0.3 is 0 Å². The smallest absolute Gasteiger partial charge is 0.262 e. The number of anilines is 2. The van der Waals surface area contributed by atoms with Gasteiger partial charge in [0.2, 0.25) is 0 Å². The van der Waals surface area contributed by atoms with Crippen LogP contribution in [-0.4, -0.2) is 54.1 Å². The number of nitrogens with one attached hydrogen (secondary N) is 1. The van der Waals surface area contributed by atoms with Crippen molar-refractivity contribution in [2.24, 2.45) is 0 Å². The maximum atomic E-state index is 14.3. The summed E-state index contributed by atoms with van der Waals surface area (Å²) in [6, 6.07) is 8.30. The predicted molar refractivity (Wildman–Crippen MR) is 126 cm³/mol. The average molecular weight is 607 g/mol. The maximum absolute atomic E-state index is 14.3. The molecule has 0 spiro atoms. The third-order valence-electron chi connectivity index (χ3n) is 5.52. The highest BCUT2D eigenvalue weighted by Crippen LogP contribution is 2.41. The number of rotatable bonds is 5. The monoisotopic (exact) mass is 606 g/mol. The van der Waals surface area contributed by atoms with Gasteiger partial charge in [-0.25, -0.2) is 4.39 Å². The molecule has 4 rings (SSSR count). The van der Waals surface area contributed by atoms with Crippen molar-refractivity contribution in [3.63, 3.8) is 0 Å². The van der Waals surface area contributed by atoms with Crippen LogP contribution in [0.4, 0.5) is 15.8 Å². The second-order valence-electron chi connectivity index (χ2n) is 7.60. The molecule has 2 aliphatic heterocycles. The Bertz CT molecular complexity index is 1010. The first-order valence-electron chi connectivity index (χ1n) is 9.68. The number of hydrogen-bond donors (Lipinski definition) is 3. The van der Waals surface area contributed by atoms with Gasteiger partial charge in [-0.05, 0) is 36.2 Å². The van der Waals surface area contributed by atoms with E-state index in [-0.39, 0.29) is 32.1 Å². The van der Waals surface area contributed by atoms with Crippen molar-refractivity contribution in [1.82, 2.24) is 0 Å². The minimum atomic E-state index is -1.50. The van der Waals surface area contributed by atoms with Crippen LogP contribution in [0.2, 0.25) is 0 Å². The quantitative estimate of drug-likeness (QED) is 0.358. The van der Waals surface area contributed by atoms with Crippen molar-refractivity contribution in [2.75, 3.05) is 36.5 Å². The van der Waals surface area contributed by atoms with Crippen LogP contribution >= 0.6 is 38.5 Å². The van der Waals surface area contributed by atoms with Gasteiger partial charge in [-0.2, -0.15) is 0 Å². The van der Waals surface area contributed by atoms with Crippen molar-refractivity contribution >= 4 is 55.8 Å². The number of nitrogens with zero attached hydrogens (tertiary/aromatic N) is 1. The Labute approximate surface area is 200 Å². The Morgan fingerprint density at radius 3 is 2.90 bits per heavy atom. The summed E-state index contributed by atoms with van der Waals surface area (Å²) in [5, 5.41) is 24.5. The third-order valence-corrected chi connectivity index (χ3v) is 6.84. The molecule has 2 heterocycles. The molecule has 31 heavy (non-hydrogen) atoms. The minimum absolute atomic E-state index is 0.0663. The lowest BCUT2D eigenvalue weighted by Gasteiger charge is -2.42. The number of hydrogen-bond acceptors (Lipinski definition) is 6. The zero-order chi connectivity index (χ0) is 22.2. The lowest BCUT2D eigenvalue weighted by molar-refractivity contribution is -0.118. The fourth-order valence-corrected chi connectivity index (χ4v) is 4.68. The summed E-state index contributed by atoms with van der Waals surface area (Å²) in [5.41, 5.74) is 0.336. The van der Waals surface area contributed by atoms with Crippen LogP contribution in [-0.2, 0) is 9.22 Å². The first-order valence-corrected chi connectivity index (χ1v) is 12.0. The summed E-state index contributed by atoms with van der Waals surface area (Å²) in [6.07, 6.45) is -0.954. The SMILES string of the molecule is O=C1COc2c(OC[C@]3(O)CCN(c4ccc(Br)cc4F)C[C@H]3O)ccc(CI)c2N1. The molecule has 0 saturated carbocycles. The number of carbonyl (C=O) groups excluding carboxylic acids is 1. The topological polar surface area (TPSA) is 91.3 Å². The van der Waals surface area contributed by atoms with E-state index >= 15 is 0 Å². The van der Waals surface area contributed by atoms with E-state index in [2.05, 4.69) is 43.8 Å². The van der Waals surface area contributed by atoms with Crippen LogP contribution in [0.25, 0.3) is 0 Å². The number of aliphatic hydroxyl groups is 2. The van der Waals surface area contributed by atoms with Crippen LogP contribution in [0, 0.1) is 5.82 Å². The van der Waals surface area contributed by atoms with Crippen molar-refractivity contribution in [1.29, 1.82) is 0 Å². The van der Waals surface area contributed by atoms with E-state index in [1.165, 1.54) is 6.07 Å². The lowest BCUT2D eigenvalue weighted by Crippen LogP contribution is -2.58. The zero-order valence-electron chi connectivity index (χ0n) is 16.4. The number of piperidine rings is 1. The first kappa shape index (κ1) is 22.6. The fourth-order valence-electron chi connectivity index (χ4n) is 3.72. The van der Waals surface area contributed by atoms with Gasteiger partial charge in [-0.1, -0.05) is 44.6 Å². The highest BCUT2D eigenvalue weighted by atomic mass is 127. The van der Waals surface area contributed by atoms with Crippen LogP contribution in [0.15, 0.2) is 34.8 Å². The molecule has 0 bridgehead atoms. The standard InChI is InChI=1S/C21H21BrFIN2O5/c22-13-2-3-15(14(23)7-13)26-6-5-21(29,17(27)9-26)11-31-16-4-1-12(8-24)19-20(16)30-10-18(28)25-19/h1-4,7,17,27,29H,5-6,8-11H2,(H,25,28)/t17-,21-/m1/s1. The molecule has 0 unspecified atom stereocenters. The van der Waals surface area contributed by atoms with Crippen LogP contribution in [0.1, 0.15) is 12.0 Å². The summed E-state index contributed by atoms with van der Waals surface area (Å²) in [7, 11) is 0. The molecule has 1 saturated heterocycles. The molecular weight excluding hydrogens is 586 g/mol. The summed E-state index contributed by atoms with van der Waals surface area (Å²) >= 11 is 5.43. The Morgan fingerprint density at radius 2 is 2.19 bits per heavy atom. The molecule has 2 atom stereocenters. The first-order chi connectivity index (χ1) is 14.8. The van der Waals surface area contributed by atoms with Gasteiger partial charge in [0.15, 0.2) is 18.1 Å². The van der Waals surface area contributed by atoms with Gasteiger partial charge in [0, 0.05) is 22.0 Å². The van der Waals surface area contributed by atoms with E-state index < -0.39 is 17.5 Å². The number of β-amino-alcohol motifs (C(OH)–C–C–N with tert-alkyl or cyclic N) is 1. The molecule has 2 aromatic rings. The Kier molecular flexibility index (Phi) is 6.61. The number of carbonyl (C=O) groups is 1. The van der Waals surface area contributed by atoms with Gasteiger partial charge in [-0.3, -0.25) is 4.79 Å². The second kappa shape index (κ2) is 9.08. The van der Waals surface area contributed by atoms with Crippen molar-refractivity contribution in [2.45, 2.75) is 22.6 Å². The molecule has 1 amide bonds. The molecule has 3 N–H and O–H groups in total. The summed E-state index contributed by atoms with van der Waals surface area (Å²) in [5.74, 6) is 0.161. The number of aliphatic hydroxyl groups excluding tert-OH is 1. The Balaban J connectivity index is 1.47. The molecular formula is C21H21BrFIN2O5. The van der Waals surface area contributed by atoms with E-state index in [0.717, 1.165) is 5.56 Å². The van der Waals surface area contributed by atoms with Gasteiger partial charge < -0.3 is 29.9 Å². The Hall–Kier alpha value is -1.63. The van der Waals surface area contributed by atoms with Crippen molar-refractivity contribution in [3.05, 3.63) is 46.2 Å². The highest BCUT2D eigenvalue weighted by molar-refractivity contribution is 14.1. The number of benzene rings is 2. The molecule has 10 heteroatoms. The molecule has 2 aliphatic rings. The maximum Gasteiger partial charge on any atom is 0.262 e. The van der Waals surface area contributed by atoms with Crippen LogP contribution < -0.4 is 19.7 Å². The number of amides is 1. The number of fused-ring (bicyclic) bond motifs is 1. The predicted octanol–water partition coefficient (Wildman–Crippen LogP) is 3.24. The fraction of sp³-hybridized carbons (Fsp3) is 0.381. The van der Waals surface area contributed by atoms with Crippen LogP contribution in [0.5, 0.6) is 11.5 Å². The largest absolute Gasteiger partial charge is 0.487 e. The molecule has 2 aromatic carbocycles. The zero-order valence-corrected chi connectivity index (χ0v) is 20.2. The Morgan fingerprint density at radius 1 is 1.39 bits per heavy atom. The van der Waals surface area contributed by atoms with E-state index in [9.17, 15) is 19.4 Å². The number of alkyl halides is 1. The molecule has 0 radical (unpaired) electrons. The molecule has 166 valence electrons. The summed E-state index contributed by atoms with van der Waals surface area (Å²) in [6.45, 7) is 0.136. The average Bonchev–Trinajstić information content (AvgIpc) is 2.74. The number of halogens is 3. The minimum Gasteiger partial charge on any atom is -0.487 e. The normalized spacial score (nSPS) is 23.1. The van der Waals surface area contributed by atoms with E-state index in [0.29, 0.717) is 38.3 Å². The van der Waals surface area contributed by atoms with Crippen molar-refractivity contribution in [3.8, 4) is 11.5 Å². The van der Waals surface area contributed by atoms with Crippen molar-refractivity contribution < 1.29 is 28.9 Å². The number of ether oxygens (including phenoxy) is 2. The molecule has 0 aromatic heterocycles. The highest BCUT2D eigenvalue weighted by Gasteiger charge is 2.42. The van der Waals surface area contributed by atoms with Gasteiger partial charge in [0.1, 0.15) is 24.1 Å². The summed E-state index contributed by atoms with van der Waals surface area (Å²) < 4.78 is 27.0.